The number of ether oxygens (including phenoxy) is 4. The lowest BCUT2D eigenvalue weighted by molar-refractivity contribution is -0.230. The van der Waals surface area contributed by atoms with Gasteiger partial charge >= 0.3 is 11.9 Å². The maximum absolute atomic E-state index is 12.7. The summed E-state index contributed by atoms with van der Waals surface area (Å²) in [5, 5.41) is 7.86. The number of esters is 2. The molecule has 3 rings (SSSR count). The third-order valence-electron chi connectivity index (χ3n) is 4.67. The summed E-state index contributed by atoms with van der Waals surface area (Å²) in [6.07, 6.45) is -3.51. The molecule has 0 spiro atoms. The normalized spacial score (nSPS) is 23.1. The summed E-state index contributed by atoms with van der Waals surface area (Å²) in [5.74, 6) is -2.39. The van der Waals surface area contributed by atoms with Crippen molar-refractivity contribution >= 4 is 52.6 Å². The van der Waals surface area contributed by atoms with E-state index >= 15 is 0 Å². The molecular weight excluding hydrogens is 481 g/mol. The molecule has 0 amide bonds. The Bertz CT molecular complexity index is 951. The van der Waals surface area contributed by atoms with E-state index in [9.17, 15) is 9.59 Å². The van der Waals surface area contributed by atoms with E-state index in [4.69, 9.17) is 59.2 Å². The van der Waals surface area contributed by atoms with Gasteiger partial charge < -0.3 is 18.9 Å². The predicted octanol–water partition coefficient (Wildman–Crippen LogP) is 4.79. The lowest BCUT2D eigenvalue weighted by Gasteiger charge is -2.40. The zero-order chi connectivity index (χ0) is 23.3. The summed E-state index contributed by atoms with van der Waals surface area (Å²) in [5.41, 5.74) is 0.597. The van der Waals surface area contributed by atoms with Gasteiger partial charge in [-0.25, -0.2) is 9.59 Å². The van der Waals surface area contributed by atoms with Crippen LogP contribution in [0.2, 0.25) is 0 Å². The predicted molar refractivity (Wildman–Crippen MR) is 119 cm³/mol. The Hall–Kier alpha value is -2.32. The van der Waals surface area contributed by atoms with Gasteiger partial charge in [0.2, 0.25) is 18.3 Å². The molecular formula is C22H20Cl3NO6. The van der Waals surface area contributed by atoms with Crippen LogP contribution in [0.25, 0.3) is 0 Å². The smallest absolute Gasteiger partial charge is 0.338 e. The van der Waals surface area contributed by atoms with Crippen LogP contribution in [-0.4, -0.2) is 46.7 Å². The molecule has 10 heteroatoms. The first-order chi connectivity index (χ1) is 15.2. The Labute approximate surface area is 200 Å². The number of carbonyl (C=O) groups is 2. The van der Waals surface area contributed by atoms with Gasteiger partial charge in [-0.3, -0.25) is 5.41 Å². The molecule has 2 aromatic carbocycles. The van der Waals surface area contributed by atoms with E-state index < -0.39 is 40.1 Å². The fourth-order valence-electron chi connectivity index (χ4n) is 3.04. The Morgan fingerprint density at radius 3 is 1.81 bits per heavy atom. The second-order valence-electron chi connectivity index (χ2n) is 7.10. The SMILES string of the molecule is C[C@H]1CO[C@@H](OC(=N)C(Cl)(Cl)Cl)C(OC(=O)c2ccccc2)[C@@H]1OC(=O)c1ccccc1. The van der Waals surface area contributed by atoms with Crippen LogP contribution in [0.3, 0.4) is 0 Å². The van der Waals surface area contributed by atoms with Gasteiger partial charge in [-0.2, -0.15) is 0 Å². The average molecular weight is 501 g/mol. The number of benzene rings is 2. The number of hydrogen-bond donors (Lipinski definition) is 1. The summed E-state index contributed by atoms with van der Waals surface area (Å²) in [4.78, 5) is 25.4. The summed E-state index contributed by atoms with van der Waals surface area (Å²) < 4.78 is 20.1. The second-order valence-corrected chi connectivity index (χ2v) is 9.38. The first-order valence-corrected chi connectivity index (χ1v) is 10.8. The molecule has 170 valence electrons. The third-order valence-corrected chi connectivity index (χ3v) is 5.19. The van der Waals surface area contributed by atoms with Crippen LogP contribution in [0, 0.1) is 11.3 Å². The highest BCUT2D eigenvalue weighted by Gasteiger charge is 2.47. The van der Waals surface area contributed by atoms with Gasteiger partial charge in [-0.1, -0.05) is 78.1 Å². The standard InChI is InChI=1S/C22H20Cl3NO6/c1-13-12-29-20(32-21(26)22(23,24)25)17(31-19(28)15-10-6-3-7-11-15)16(13)30-18(27)14-8-4-2-5-9-14/h2-11,13,16-17,20,26H,12H2,1H3/t13-,16+,17?,20-/m0/s1. The highest BCUT2D eigenvalue weighted by Crippen LogP contribution is 2.32. The van der Waals surface area contributed by atoms with Gasteiger partial charge in [-0.15, -0.1) is 0 Å². The lowest BCUT2D eigenvalue weighted by Crippen LogP contribution is -2.55. The van der Waals surface area contributed by atoms with Crippen molar-refractivity contribution < 1.29 is 28.5 Å². The Morgan fingerprint density at radius 1 is 0.875 bits per heavy atom. The van der Waals surface area contributed by atoms with Crippen LogP contribution in [0.4, 0.5) is 0 Å². The number of halogens is 3. The number of alkyl halides is 3. The fourth-order valence-corrected chi connectivity index (χ4v) is 3.17. The topological polar surface area (TPSA) is 94.9 Å². The maximum atomic E-state index is 12.7. The molecule has 4 atom stereocenters. The first-order valence-electron chi connectivity index (χ1n) is 9.63. The quantitative estimate of drug-likeness (QED) is 0.274. The van der Waals surface area contributed by atoms with Crippen LogP contribution < -0.4 is 0 Å². The molecule has 0 aliphatic carbocycles. The van der Waals surface area contributed by atoms with Crippen LogP contribution in [0.5, 0.6) is 0 Å². The van der Waals surface area contributed by atoms with Crippen molar-refractivity contribution in [1.82, 2.24) is 0 Å². The van der Waals surface area contributed by atoms with Crippen LogP contribution >= 0.6 is 34.8 Å². The average Bonchev–Trinajstić information content (AvgIpc) is 2.78. The van der Waals surface area contributed by atoms with E-state index in [1.54, 1.807) is 67.6 Å². The molecule has 7 nitrogen and oxygen atoms in total. The second kappa shape index (κ2) is 10.5. The molecule has 1 heterocycles. The monoisotopic (exact) mass is 499 g/mol. The zero-order valence-corrected chi connectivity index (χ0v) is 19.1. The molecule has 1 fully saturated rings. The van der Waals surface area contributed by atoms with E-state index in [-0.39, 0.29) is 18.1 Å². The van der Waals surface area contributed by atoms with Crippen LogP contribution in [-0.2, 0) is 18.9 Å². The van der Waals surface area contributed by atoms with E-state index in [0.29, 0.717) is 5.56 Å². The van der Waals surface area contributed by atoms with E-state index in [0.717, 1.165) is 0 Å². The van der Waals surface area contributed by atoms with Gasteiger partial charge in [0.25, 0.3) is 3.79 Å². The summed E-state index contributed by atoms with van der Waals surface area (Å²) in [6, 6.07) is 16.6. The van der Waals surface area contributed by atoms with E-state index in [1.807, 2.05) is 0 Å². The number of carbonyl (C=O) groups excluding carboxylic acids is 2. The van der Waals surface area contributed by atoms with Gasteiger partial charge in [0.05, 0.1) is 17.7 Å². The maximum Gasteiger partial charge on any atom is 0.338 e. The van der Waals surface area contributed by atoms with Gasteiger partial charge in [0.1, 0.15) is 6.10 Å². The molecule has 0 saturated carbocycles. The van der Waals surface area contributed by atoms with Crippen molar-refractivity contribution in [2.45, 2.75) is 29.2 Å². The summed E-state index contributed by atoms with van der Waals surface area (Å²) in [7, 11) is 0. The Morgan fingerprint density at radius 2 is 1.34 bits per heavy atom. The molecule has 1 aliphatic heterocycles. The zero-order valence-electron chi connectivity index (χ0n) is 16.9. The molecule has 0 bridgehead atoms. The van der Waals surface area contributed by atoms with Gasteiger partial charge in [0.15, 0.2) is 0 Å². The Balaban J connectivity index is 1.87. The summed E-state index contributed by atoms with van der Waals surface area (Å²) in [6.45, 7) is 1.85. The number of rotatable bonds is 5. The van der Waals surface area contributed by atoms with Crippen molar-refractivity contribution in [3.05, 3.63) is 71.8 Å². The third kappa shape index (κ3) is 6.13. The molecule has 0 radical (unpaired) electrons. The number of nitrogens with one attached hydrogen (secondary N) is 1. The highest BCUT2D eigenvalue weighted by atomic mass is 35.6. The van der Waals surface area contributed by atoms with E-state index in [1.165, 1.54) is 0 Å². The molecule has 1 N–H and O–H groups in total. The molecule has 1 unspecified atom stereocenters. The minimum atomic E-state index is -2.16. The van der Waals surface area contributed by atoms with Crippen molar-refractivity contribution in [2.24, 2.45) is 5.92 Å². The minimum Gasteiger partial charge on any atom is -0.454 e. The first kappa shape index (κ1) is 24.3. The summed E-state index contributed by atoms with van der Waals surface area (Å²) >= 11 is 17.1. The minimum absolute atomic E-state index is 0.0872. The largest absolute Gasteiger partial charge is 0.454 e. The van der Waals surface area contributed by atoms with Crippen LogP contribution in [0.1, 0.15) is 27.6 Å². The highest BCUT2D eigenvalue weighted by molar-refractivity contribution is 6.76. The van der Waals surface area contributed by atoms with Crippen molar-refractivity contribution in [2.75, 3.05) is 6.61 Å². The molecule has 0 aromatic heterocycles. The van der Waals surface area contributed by atoms with E-state index in [2.05, 4.69) is 0 Å². The van der Waals surface area contributed by atoms with Crippen molar-refractivity contribution in [3.63, 3.8) is 0 Å². The number of hydrogen-bond acceptors (Lipinski definition) is 7. The molecule has 32 heavy (non-hydrogen) atoms. The van der Waals surface area contributed by atoms with Crippen molar-refractivity contribution in [3.8, 4) is 0 Å². The van der Waals surface area contributed by atoms with Crippen molar-refractivity contribution in [1.29, 1.82) is 5.41 Å². The molecule has 1 saturated heterocycles. The fraction of sp³-hybridized carbons (Fsp3) is 0.318. The lowest BCUT2D eigenvalue weighted by atomic mass is 9.96. The molecule has 2 aromatic rings. The van der Waals surface area contributed by atoms with Gasteiger partial charge in [0, 0.05) is 5.92 Å². The van der Waals surface area contributed by atoms with Gasteiger partial charge in [-0.05, 0) is 24.3 Å². The molecule has 1 aliphatic rings. The Kier molecular flexibility index (Phi) is 8.00. The van der Waals surface area contributed by atoms with Crippen LogP contribution in [0.15, 0.2) is 60.7 Å².